The summed E-state index contributed by atoms with van der Waals surface area (Å²) in [5.41, 5.74) is 1.72. The molecule has 2 N–H and O–H groups in total. The number of ether oxygens (including phenoxy) is 2. The highest BCUT2D eigenvalue weighted by Gasteiger charge is 2.58. The lowest BCUT2D eigenvalue weighted by atomic mass is 9.69. The minimum atomic E-state index is -4.49. The molecule has 35 heavy (non-hydrogen) atoms. The van der Waals surface area contributed by atoms with E-state index in [0.29, 0.717) is 55.7 Å². The molecule has 3 heterocycles. The number of hydrogen-bond acceptors (Lipinski definition) is 5. The van der Waals surface area contributed by atoms with E-state index in [1.807, 2.05) is 13.8 Å². The predicted molar refractivity (Wildman–Crippen MR) is 123 cm³/mol. The normalized spacial score (nSPS) is 27.2. The standard InChI is InChI=1S/C27H32F3NO4/c1-15(2)23-22-21(20-18(31-23)13-24(3,4)14-19(20)32)25(9-11-34-12-10-25)35-26(22,33)16-5-7-17(8-6-16)27(28,29)30/h5-8,15,19,32-33H,9-14H2,1-4H3. The third kappa shape index (κ3) is 3.89. The van der Waals surface area contributed by atoms with E-state index >= 15 is 0 Å². The molecule has 3 aliphatic rings. The summed E-state index contributed by atoms with van der Waals surface area (Å²) in [6.07, 6.45) is -3.12. The first-order valence-electron chi connectivity index (χ1n) is 12.2. The molecule has 2 unspecified atom stereocenters. The molecule has 8 heteroatoms. The maximum absolute atomic E-state index is 13.2. The monoisotopic (exact) mass is 491 g/mol. The Morgan fingerprint density at radius 3 is 2.26 bits per heavy atom. The van der Waals surface area contributed by atoms with Crippen LogP contribution >= 0.6 is 0 Å². The van der Waals surface area contributed by atoms with E-state index in [0.717, 1.165) is 23.4 Å². The number of hydrogen-bond donors (Lipinski definition) is 2. The van der Waals surface area contributed by atoms with E-state index in [2.05, 4.69) is 13.8 Å². The molecule has 0 bridgehead atoms. The van der Waals surface area contributed by atoms with Crippen LogP contribution in [0.1, 0.15) is 98.2 Å². The van der Waals surface area contributed by atoms with Crippen LogP contribution < -0.4 is 0 Å². The van der Waals surface area contributed by atoms with Gasteiger partial charge < -0.3 is 19.7 Å². The number of rotatable bonds is 2. The summed E-state index contributed by atoms with van der Waals surface area (Å²) in [7, 11) is 0. The number of alkyl halides is 3. The highest BCUT2D eigenvalue weighted by Crippen LogP contribution is 2.59. The zero-order valence-corrected chi connectivity index (χ0v) is 20.5. The van der Waals surface area contributed by atoms with Crippen LogP contribution in [-0.2, 0) is 33.5 Å². The summed E-state index contributed by atoms with van der Waals surface area (Å²) >= 11 is 0. The molecule has 1 spiro atoms. The molecule has 2 aromatic rings. The molecule has 0 radical (unpaired) electrons. The molecule has 1 saturated heterocycles. The van der Waals surface area contributed by atoms with Crippen molar-refractivity contribution < 1.29 is 32.9 Å². The van der Waals surface area contributed by atoms with Gasteiger partial charge in [-0.3, -0.25) is 4.98 Å². The lowest BCUT2D eigenvalue weighted by Crippen LogP contribution is -2.39. The Morgan fingerprint density at radius 1 is 1.06 bits per heavy atom. The molecule has 1 fully saturated rings. The summed E-state index contributed by atoms with van der Waals surface area (Å²) < 4.78 is 51.9. The van der Waals surface area contributed by atoms with Crippen LogP contribution in [0.15, 0.2) is 24.3 Å². The number of halogens is 3. The van der Waals surface area contributed by atoms with E-state index in [1.54, 1.807) is 0 Å². The van der Waals surface area contributed by atoms with Gasteiger partial charge in [-0.2, -0.15) is 13.2 Å². The number of aliphatic hydroxyl groups is 2. The second kappa shape index (κ2) is 8.00. The second-order valence-corrected chi connectivity index (χ2v) is 11.3. The summed E-state index contributed by atoms with van der Waals surface area (Å²) in [4.78, 5) is 4.97. The van der Waals surface area contributed by atoms with Crippen molar-refractivity contribution in [3.8, 4) is 0 Å². The van der Waals surface area contributed by atoms with Gasteiger partial charge >= 0.3 is 6.18 Å². The van der Waals surface area contributed by atoms with Crippen LogP contribution in [0.4, 0.5) is 13.2 Å². The fourth-order valence-corrected chi connectivity index (χ4v) is 6.07. The van der Waals surface area contributed by atoms with E-state index in [1.165, 1.54) is 12.1 Å². The molecular formula is C27H32F3NO4. The highest BCUT2D eigenvalue weighted by molar-refractivity contribution is 5.56. The maximum Gasteiger partial charge on any atom is 0.416 e. The number of pyridine rings is 1. The largest absolute Gasteiger partial charge is 0.416 e. The van der Waals surface area contributed by atoms with Crippen molar-refractivity contribution in [3.63, 3.8) is 0 Å². The zero-order chi connectivity index (χ0) is 25.4. The Morgan fingerprint density at radius 2 is 1.69 bits per heavy atom. The molecule has 0 saturated carbocycles. The van der Waals surface area contributed by atoms with Crippen LogP contribution in [0.25, 0.3) is 0 Å². The van der Waals surface area contributed by atoms with Crippen LogP contribution in [0, 0.1) is 5.41 Å². The Bertz CT molecular complexity index is 1140. The molecule has 2 aliphatic heterocycles. The van der Waals surface area contributed by atoms with Crippen molar-refractivity contribution >= 4 is 0 Å². The number of aliphatic hydroxyl groups excluding tert-OH is 1. The number of fused-ring (bicyclic) bond motifs is 4. The predicted octanol–water partition coefficient (Wildman–Crippen LogP) is 5.46. The Balaban J connectivity index is 1.79. The van der Waals surface area contributed by atoms with Gasteiger partial charge in [0.25, 0.3) is 0 Å². The van der Waals surface area contributed by atoms with Gasteiger partial charge in [-0.1, -0.05) is 39.8 Å². The topological polar surface area (TPSA) is 71.8 Å². The lowest BCUT2D eigenvalue weighted by Gasteiger charge is -2.40. The minimum absolute atomic E-state index is 0.0872. The van der Waals surface area contributed by atoms with Crippen molar-refractivity contribution in [3.05, 3.63) is 63.5 Å². The quantitative estimate of drug-likeness (QED) is 0.584. The molecule has 5 rings (SSSR count). The van der Waals surface area contributed by atoms with Gasteiger partial charge in [0, 0.05) is 54.0 Å². The molecule has 2 atom stereocenters. The van der Waals surface area contributed by atoms with Gasteiger partial charge in [0.15, 0.2) is 0 Å². The van der Waals surface area contributed by atoms with E-state index in [-0.39, 0.29) is 16.9 Å². The summed E-state index contributed by atoms with van der Waals surface area (Å²) in [5.74, 6) is -2.08. The summed E-state index contributed by atoms with van der Waals surface area (Å²) in [6, 6.07) is 4.47. The average molecular weight is 492 g/mol. The van der Waals surface area contributed by atoms with Gasteiger partial charge in [-0.05, 0) is 36.3 Å². The van der Waals surface area contributed by atoms with Gasteiger partial charge in [-0.15, -0.1) is 0 Å². The molecule has 0 amide bonds. The van der Waals surface area contributed by atoms with Gasteiger partial charge in [0.2, 0.25) is 5.79 Å². The van der Waals surface area contributed by atoms with Crippen LogP contribution in [0.3, 0.4) is 0 Å². The molecule has 1 aromatic heterocycles. The first-order chi connectivity index (χ1) is 16.3. The number of aromatic nitrogens is 1. The van der Waals surface area contributed by atoms with E-state index in [9.17, 15) is 23.4 Å². The van der Waals surface area contributed by atoms with Gasteiger partial charge in [0.05, 0.1) is 17.4 Å². The van der Waals surface area contributed by atoms with Crippen LogP contribution in [-0.4, -0.2) is 28.4 Å². The molecule has 1 aliphatic carbocycles. The van der Waals surface area contributed by atoms with Gasteiger partial charge in [0.1, 0.15) is 5.60 Å². The van der Waals surface area contributed by atoms with Gasteiger partial charge in [-0.25, -0.2) is 0 Å². The summed E-state index contributed by atoms with van der Waals surface area (Å²) in [5, 5.41) is 23.5. The fraction of sp³-hybridized carbons (Fsp3) is 0.593. The van der Waals surface area contributed by atoms with E-state index < -0.39 is 29.2 Å². The van der Waals surface area contributed by atoms with Crippen molar-refractivity contribution in [2.45, 2.75) is 83.0 Å². The third-order valence-electron chi connectivity index (χ3n) is 7.66. The second-order valence-electron chi connectivity index (χ2n) is 11.3. The number of nitrogens with zero attached hydrogens (tertiary/aromatic N) is 1. The Kier molecular flexibility index (Phi) is 5.64. The van der Waals surface area contributed by atoms with Crippen molar-refractivity contribution in [1.82, 2.24) is 4.98 Å². The van der Waals surface area contributed by atoms with Crippen LogP contribution in [0.5, 0.6) is 0 Å². The van der Waals surface area contributed by atoms with Crippen molar-refractivity contribution in [2.24, 2.45) is 5.41 Å². The first kappa shape index (κ1) is 24.7. The molecule has 1 aromatic carbocycles. The average Bonchev–Trinajstić information content (AvgIpc) is 3.01. The van der Waals surface area contributed by atoms with Crippen LogP contribution in [0.2, 0.25) is 0 Å². The molecular weight excluding hydrogens is 459 g/mol. The fourth-order valence-electron chi connectivity index (χ4n) is 6.07. The Labute approximate surface area is 203 Å². The smallest absolute Gasteiger partial charge is 0.388 e. The number of benzene rings is 1. The minimum Gasteiger partial charge on any atom is -0.388 e. The lowest BCUT2D eigenvalue weighted by molar-refractivity contribution is -0.251. The highest BCUT2D eigenvalue weighted by atomic mass is 19.4. The summed E-state index contributed by atoms with van der Waals surface area (Å²) in [6.45, 7) is 8.98. The Hall–Kier alpha value is -2.00. The zero-order valence-electron chi connectivity index (χ0n) is 20.5. The SMILES string of the molecule is CC(C)c1nc2c(c3c1C(O)(c1ccc(C(F)(F)F)cc1)OC31CCOCC1)C(O)CC(C)(C)C2. The van der Waals surface area contributed by atoms with Crippen molar-refractivity contribution in [1.29, 1.82) is 0 Å². The third-order valence-corrected chi connectivity index (χ3v) is 7.66. The molecule has 190 valence electrons. The molecule has 5 nitrogen and oxygen atoms in total. The van der Waals surface area contributed by atoms with Crippen molar-refractivity contribution in [2.75, 3.05) is 13.2 Å². The first-order valence-corrected chi connectivity index (χ1v) is 12.2. The van der Waals surface area contributed by atoms with E-state index in [4.69, 9.17) is 14.5 Å². The maximum atomic E-state index is 13.2.